The summed E-state index contributed by atoms with van der Waals surface area (Å²) in [4.78, 5) is 12.3. The van der Waals surface area contributed by atoms with E-state index in [1.54, 1.807) is 40.7 Å². The van der Waals surface area contributed by atoms with Gasteiger partial charge in [0.15, 0.2) is 0 Å². The first-order valence-electron chi connectivity index (χ1n) is 11.0. The molecule has 0 aliphatic carbocycles. The predicted molar refractivity (Wildman–Crippen MR) is 122 cm³/mol. The van der Waals surface area contributed by atoms with Crippen LogP contribution in [0.25, 0.3) is 0 Å². The highest BCUT2D eigenvalue weighted by molar-refractivity contribution is 7.89. The summed E-state index contributed by atoms with van der Waals surface area (Å²) in [6, 6.07) is 12.7. The van der Waals surface area contributed by atoms with Crippen LogP contribution in [-0.4, -0.2) is 51.4 Å². The van der Waals surface area contributed by atoms with Gasteiger partial charge in [-0.15, -0.1) is 0 Å². The molecule has 2 aromatic carbocycles. The Balaban J connectivity index is 1.42. The molecule has 0 spiro atoms. The molecule has 180 valence electrons. The molecule has 1 amide bonds. The van der Waals surface area contributed by atoms with Crippen molar-refractivity contribution < 1.29 is 26.7 Å². The smallest absolute Gasteiger partial charge is 0.387 e. The molecule has 33 heavy (non-hydrogen) atoms. The quantitative estimate of drug-likeness (QED) is 0.541. The number of nitrogens with one attached hydrogen (secondary N) is 2. The number of carbonyl (C=O) groups is 1. The second-order valence-electron chi connectivity index (χ2n) is 7.82. The lowest BCUT2D eigenvalue weighted by atomic mass is 10.1. The minimum Gasteiger partial charge on any atom is -0.435 e. The van der Waals surface area contributed by atoms with E-state index in [4.69, 9.17) is 0 Å². The van der Waals surface area contributed by atoms with Crippen molar-refractivity contribution in [2.45, 2.75) is 43.6 Å². The van der Waals surface area contributed by atoms with Crippen molar-refractivity contribution >= 4 is 21.6 Å². The minimum absolute atomic E-state index is 0.0411. The van der Waals surface area contributed by atoms with Gasteiger partial charge in [0.25, 0.3) is 0 Å². The second-order valence-corrected chi connectivity index (χ2v) is 9.76. The molecule has 1 saturated heterocycles. The maximum absolute atomic E-state index is 12.8. The van der Waals surface area contributed by atoms with Gasteiger partial charge < -0.3 is 15.4 Å². The van der Waals surface area contributed by atoms with Crippen LogP contribution < -0.4 is 15.4 Å². The molecule has 2 aromatic rings. The SMILES string of the molecule is O=C(CNc1ccc(S(=O)(=O)N2CCCCCC2)cc1)NCCc1ccc(OC(F)F)cc1. The molecule has 10 heteroatoms. The average Bonchev–Trinajstić information content (AvgIpc) is 3.09. The Hall–Kier alpha value is -2.72. The van der Waals surface area contributed by atoms with Crippen molar-refractivity contribution in [1.82, 2.24) is 9.62 Å². The van der Waals surface area contributed by atoms with Gasteiger partial charge in [-0.3, -0.25) is 4.79 Å². The molecule has 0 unspecified atom stereocenters. The van der Waals surface area contributed by atoms with Gasteiger partial charge in [-0.1, -0.05) is 25.0 Å². The lowest BCUT2D eigenvalue weighted by Gasteiger charge is -2.20. The third-order valence-corrected chi connectivity index (χ3v) is 7.31. The summed E-state index contributed by atoms with van der Waals surface area (Å²) in [7, 11) is -3.50. The molecule has 1 aliphatic rings. The van der Waals surface area contributed by atoms with E-state index in [1.807, 2.05) is 0 Å². The third-order valence-electron chi connectivity index (χ3n) is 5.39. The van der Waals surface area contributed by atoms with E-state index in [0.717, 1.165) is 31.2 Å². The molecule has 3 rings (SSSR count). The van der Waals surface area contributed by atoms with Gasteiger partial charge in [0.1, 0.15) is 5.75 Å². The van der Waals surface area contributed by atoms with Crippen molar-refractivity contribution in [2.24, 2.45) is 0 Å². The lowest BCUT2D eigenvalue weighted by Crippen LogP contribution is -2.32. The summed E-state index contributed by atoms with van der Waals surface area (Å²) in [5.41, 5.74) is 1.53. The second kappa shape index (κ2) is 11.9. The van der Waals surface area contributed by atoms with E-state index >= 15 is 0 Å². The summed E-state index contributed by atoms with van der Waals surface area (Å²) in [5, 5.41) is 5.76. The lowest BCUT2D eigenvalue weighted by molar-refractivity contribution is -0.119. The highest BCUT2D eigenvalue weighted by Gasteiger charge is 2.24. The van der Waals surface area contributed by atoms with Crippen molar-refractivity contribution in [3.05, 3.63) is 54.1 Å². The van der Waals surface area contributed by atoms with Gasteiger partial charge in [-0.05, 0) is 61.2 Å². The Morgan fingerprint density at radius 1 is 0.970 bits per heavy atom. The number of hydrogen-bond donors (Lipinski definition) is 2. The van der Waals surface area contributed by atoms with Gasteiger partial charge in [-0.25, -0.2) is 8.42 Å². The largest absolute Gasteiger partial charge is 0.435 e. The first kappa shape index (κ1) is 24.9. The molecule has 1 heterocycles. The zero-order valence-corrected chi connectivity index (χ0v) is 19.1. The Labute approximate surface area is 193 Å². The van der Waals surface area contributed by atoms with Crippen LogP contribution >= 0.6 is 0 Å². The zero-order valence-electron chi connectivity index (χ0n) is 18.3. The number of anilines is 1. The number of alkyl halides is 2. The van der Waals surface area contributed by atoms with E-state index in [9.17, 15) is 22.0 Å². The number of sulfonamides is 1. The summed E-state index contributed by atoms with van der Waals surface area (Å²) in [5.74, 6) is -0.124. The van der Waals surface area contributed by atoms with E-state index in [2.05, 4.69) is 15.4 Å². The summed E-state index contributed by atoms with van der Waals surface area (Å²) in [6.07, 6.45) is 4.42. The highest BCUT2D eigenvalue weighted by atomic mass is 32.2. The molecule has 0 atom stereocenters. The van der Waals surface area contributed by atoms with E-state index < -0.39 is 16.6 Å². The minimum atomic E-state index is -3.50. The molecular weight excluding hydrogens is 452 g/mol. The molecular formula is C23H29F2N3O4S. The number of amides is 1. The van der Waals surface area contributed by atoms with Crippen LogP contribution in [0.3, 0.4) is 0 Å². The van der Waals surface area contributed by atoms with Crippen LogP contribution in [0.4, 0.5) is 14.5 Å². The number of hydrogen-bond acceptors (Lipinski definition) is 5. The maximum atomic E-state index is 12.8. The fourth-order valence-electron chi connectivity index (χ4n) is 3.60. The number of halogens is 2. The summed E-state index contributed by atoms with van der Waals surface area (Å²) < 4.78 is 55.8. The molecule has 1 aliphatic heterocycles. The molecule has 0 bridgehead atoms. The van der Waals surface area contributed by atoms with Gasteiger partial charge in [-0.2, -0.15) is 13.1 Å². The standard InChI is InChI=1S/C23H29F2N3O4S/c24-23(25)32-20-9-5-18(6-10-20)13-14-26-22(29)17-27-19-7-11-21(12-8-19)33(30,31)28-15-3-1-2-4-16-28/h5-12,23,27H,1-4,13-17H2,(H,26,29). The first-order valence-corrected chi connectivity index (χ1v) is 12.4. The van der Waals surface area contributed by atoms with Gasteiger partial charge in [0.05, 0.1) is 11.4 Å². The van der Waals surface area contributed by atoms with Gasteiger partial charge in [0.2, 0.25) is 15.9 Å². The average molecular weight is 482 g/mol. The Bertz CT molecular complexity index is 991. The monoisotopic (exact) mass is 481 g/mol. The van der Waals surface area contributed by atoms with Crippen molar-refractivity contribution in [3.63, 3.8) is 0 Å². The molecule has 0 radical (unpaired) electrons. The summed E-state index contributed by atoms with van der Waals surface area (Å²) >= 11 is 0. The van der Waals surface area contributed by atoms with Crippen LogP contribution in [0.2, 0.25) is 0 Å². The Morgan fingerprint density at radius 3 is 2.21 bits per heavy atom. The molecule has 7 nitrogen and oxygen atoms in total. The third kappa shape index (κ3) is 7.68. The molecule has 2 N–H and O–H groups in total. The first-order chi connectivity index (χ1) is 15.8. The molecule has 0 saturated carbocycles. The highest BCUT2D eigenvalue weighted by Crippen LogP contribution is 2.21. The predicted octanol–water partition coefficient (Wildman–Crippen LogP) is 3.62. The number of benzene rings is 2. The number of carbonyl (C=O) groups excluding carboxylic acids is 1. The number of rotatable bonds is 10. The Morgan fingerprint density at radius 2 is 1.61 bits per heavy atom. The summed E-state index contributed by atoms with van der Waals surface area (Å²) in [6.45, 7) is -1.32. The van der Waals surface area contributed by atoms with Crippen LogP contribution in [0.1, 0.15) is 31.2 Å². The topological polar surface area (TPSA) is 87.7 Å². The van der Waals surface area contributed by atoms with E-state index in [-0.39, 0.29) is 23.1 Å². The molecule has 1 fully saturated rings. The van der Waals surface area contributed by atoms with Crippen LogP contribution in [0, 0.1) is 0 Å². The van der Waals surface area contributed by atoms with Gasteiger partial charge >= 0.3 is 6.61 Å². The normalized spacial score (nSPS) is 15.1. The van der Waals surface area contributed by atoms with Crippen LogP contribution in [0.15, 0.2) is 53.4 Å². The Kier molecular flexibility index (Phi) is 9.02. The fraction of sp³-hybridized carbons (Fsp3) is 0.435. The van der Waals surface area contributed by atoms with Crippen molar-refractivity contribution in [3.8, 4) is 5.75 Å². The molecule has 0 aromatic heterocycles. The van der Waals surface area contributed by atoms with Crippen LogP contribution in [0.5, 0.6) is 5.75 Å². The van der Waals surface area contributed by atoms with E-state index in [0.29, 0.717) is 31.7 Å². The van der Waals surface area contributed by atoms with E-state index in [1.165, 1.54) is 12.1 Å². The van der Waals surface area contributed by atoms with Crippen molar-refractivity contribution in [2.75, 3.05) is 31.5 Å². The van der Waals surface area contributed by atoms with Crippen LogP contribution in [-0.2, 0) is 21.2 Å². The zero-order chi connectivity index (χ0) is 23.7. The number of nitrogens with zero attached hydrogens (tertiary/aromatic N) is 1. The van der Waals surface area contributed by atoms with Gasteiger partial charge in [0, 0.05) is 25.3 Å². The fourth-order valence-corrected chi connectivity index (χ4v) is 5.12. The number of ether oxygens (including phenoxy) is 1. The maximum Gasteiger partial charge on any atom is 0.387 e. The van der Waals surface area contributed by atoms with Crippen molar-refractivity contribution in [1.29, 1.82) is 0 Å².